The maximum Gasteiger partial charge on any atom is 0.220 e. The Balaban J connectivity index is 1.34. The average molecular weight is 1460 g/mol. The normalized spacial score (nSPS) is 26.2. The van der Waals surface area contributed by atoms with Gasteiger partial charge in [0.1, 0.15) is 73.2 Å². The molecule has 3 saturated heterocycles. The van der Waals surface area contributed by atoms with E-state index in [1.165, 1.54) is 283 Å². The van der Waals surface area contributed by atoms with Crippen molar-refractivity contribution in [3.05, 3.63) is 24.3 Å². The number of unbranched alkanes of at least 4 members (excludes halogenated alkanes) is 49. The number of carbonyl (C=O) groups excluding carboxylic acids is 1. The molecule has 19 nitrogen and oxygen atoms in total. The fourth-order valence-corrected chi connectivity index (χ4v) is 14.7. The van der Waals surface area contributed by atoms with Gasteiger partial charge >= 0.3 is 0 Å². The third-order valence-corrected chi connectivity index (χ3v) is 21.5. The fourth-order valence-electron chi connectivity index (χ4n) is 14.7. The summed E-state index contributed by atoms with van der Waals surface area (Å²) in [4.78, 5) is 13.5. The topological polar surface area (TPSA) is 307 Å². The quantitative estimate of drug-likeness (QED) is 0.0199. The monoisotopic (exact) mass is 1460 g/mol. The van der Waals surface area contributed by atoms with E-state index in [0.29, 0.717) is 12.8 Å². The fraction of sp³-hybridized carbons (Fsp3) is 0.940. The van der Waals surface area contributed by atoms with E-state index in [0.717, 1.165) is 51.4 Å². The predicted molar refractivity (Wildman–Crippen MR) is 406 cm³/mol. The molecule has 102 heavy (non-hydrogen) atoms. The third-order valence-electron chi connectivity index (χ3n) is 21.5. The van der Waals surface area contributed by atoms with Gasteiger partial charge in [0.2, 0.25) is 5.91 Å². The summed E-state index contributed by atoms with van der Waals surface area (Å²) >= 11 is 0. The number of carbonyl (C=O) groups is 1. The van der Waals surface area contributed by atoms with Gasteiger partial charge < -0.3 is 89.9 Å². The van der Waals surface area contributed by atoms with Crippen LogP contribution in [0.1, 0.15) is 367 Å². The predicted octanol–water partition coefficient (Wildman–Crippen LogP) is 14.9. The Morgan fingerprint density at radius 1 is 0.353 bits per heavy atom. The second-order valence-electron chi connectivity index (χ2n) is 30.7. The van der Waals surface area contributed by atoms with Crippen LogP contribution in [0.5, 0.6) is 0 Å². The molecule has 3 aliphatic heterocycles. The van der Waals surface area contributed by atoms with Gasteiger partial charge in [-0.2, -0.15) is 0 Å². The highest BCUT2D eigenvalue weighted by Gasteiger charge is 2.54. The molecule has 1 amide bonds. The van der Waals surface area contributed by atoms with Crippen molar-refractivity contribution < 1.29 is 89.4 Å². The Kier molecular flexibility index (Phi) is 59.4. The van der Waals surface area contributed by atoms with Crippen molar-refractivity contribution >= 4 is 5.91 Å². The molecule has 0 spiro atoms. The number of hydrogen-bond acceptors (Lipinski definition) is 18. The van der Waals surface area contributed by atoms with Crippen molar-refractivity contribution in [2.45, 2.75) is 471 Å². The lowest BCUT2D eigenvalue weighted by atomic mass is 9.96. The summed E-state index contributed by atoms with van der Waals surface area (Å²) < 4.78 is 34.6. The van der Waals surface area contributed by atoms with Crippen LogP contribution >= 0.6 is 0 Å². The smallest absolute Gasteiger partial charge is 0.220 e. The lowest BCUT2D eigenvalue weighted by Crippen LogP contribution is -2.66. The number of amides is 1. The molecule has 12 N–H and O–H groups in total. The number of nitrogens with one attached hydrogen (secondary N) is 1. The largest absolute Gasteiger partial charge is 0.394 e. The number of allylic oxidation sites excluding steroid dienone is 4. The Bertz CT molecular complexity index is 1940. The summed E-state index contributed by atoms with van der Waals surface area (Å²) in [5.41, 5.74) is 0. The molecule has 0 aromatic carbocycles. The third kappa shape index (κ3) is 43.5. The highest BCUT2D eigenvalue weighted by molar-refractivity contribution is 5.76. The number of rotatable bonds is 69. The van der Waals surface area contributed by atoms with Gasteiger partial charge in [-0.25, -0.2) is 0 Å². The Morgan fingerprint density at radius 3 is 1.00 bits per heavy atom. The maximum absolute atomic E-state index is 13.5. The summed E-state index contributed by atoms with van der Waals surface area (Å²) in [5, 5.41) is 121. The van der Waals surface area contributed by atoms with Crippen LogP contribution in [0.3, 0.4) is 0 Å². The van der Waals surface area contributed by atoms with Gasteiger partial charge in [0.05, 0.1) is 38.6 Å². The molecule has 0 radical (unpaired) electrons. The van der Waals surface area contributed by atoms with Gasteiger partial charge in [-0.3, -0.25) is 4.79 Å². The molecule has 0 saturated carbocycles. The van der Waals surface area contributed by atoms with Crippen LogP contribution in [-0.4, -0.2) is 193 Å². The molecule has 3 aliphatic rings. The standard InChI is InChI=1S/C83H157NO18/c1-3-5-7-9-11-13-15-17-19-21-23-25-27-29-31-32-33-34-35-37-39-41-43-45-47-49-51-53-55-57-59-61-71(89)84-66(67(88)60-58-56-54-52-50-48-46-44-42-40-38-36-30-28-26-24-22-20-18-16-14-12-10-8-6-4-2)65-97-81-77(95)74(92)79(69(63-86)99-81)102-83-78(96)75(93)80(70(64-87)100-83)101-82-76(94)73(91)72(90)68(62-85)98-82/h15,17,21,23,66-70,72-83,85-88,90-96H,3-14,16,18-20,22,24-65H2,1-2H3,(H,84,89)/b17-15-,23-21-. The van der Waals surface area contributed by atoms with Crippen LogP contribution in [0.4, 0.5) is 0 Å². The average Bonchev–Trinajstić information content (AvgIpc) is 0.781. The van der Waals surface area contributed by atoms with Gasteiger partial charge in [0.15, 0.2) is 18.9 Å². The van der Waals surface area contributed by atoms with E-state index in [-0.39, 0.29) is 18.9 Å². The first-order valence-corrected chi connectivity index (χ1v) is 42.6. The van der Waals surface area contributed by atoms with E-state index in [9.17, 15) is 61.0 Å². The summed E-state index contributed by atoms with van der Waals surface area (Å²) in [7, 11) is 0. The molecule has 3 heterocycles. The Labute approximate surface area is 619 Å². The van der Waals surface area contributed by atoms with E-state index in [1.807, 2.05) is 0 Å². The van der Waals surface area contributed by atoms with Gasteiger partial charge in [0.25, 0.3) is 0 Å². The zero-order valence-corrected chi connectivity index (χ0v) is 64.6. The van der Waals surface area contributed by atoms with Crippen LogP contribution in [0, 0.1) is 0 Å². The van der Waals surface area contributed by atoms with E-state index in [1.54, 1.807) is 0 Å². The molecule has 0 aromatic heterocycles. The SMILES string of the molecule is CCCCCCC/C=C\C/C=C\CCCCCCCCCCCCCCCCCCCCCC(=O)NC(COC1OC(CO)C(OC2OC(CO)C(OC3OC(CO)C(O)C(O)C3O)C(O)C2O)C(O)C1O)C(O)CCCCCCCCCCCCCCCCCCCCCCCCCCCC. The van der Waals surface area contributed by atoms with E-state index >= 15 is 0 Å². The Morgan fingerprint density at radius 2 is 0.647 bits per heavy atom. The van der Waals surface area contributed by atoms with Crippen LogP contribution in [0.15, 0.2) is 24.3 Å². The zero-order chi connectivity index (χ0) is 73.9. The molecule has 17 unspecified atom stereocenters. The second kappa shape index (κ2) is 64.1. The molecular formula is C83H157NO18. The molecule has 3 fully saturated rings. The number of aliphatic hydroxyl groups excluding tert-OH is 11. The van der Waals surface area contributed by atoms with E-state index < -0.39 is 124 Å². The van der Waals surface area contributed by atoms with E-state index in [2.05, 4.69) is 43.5 Å². The van der Waals surface area contributed by atoms with Crippen molar-refractivity contribution in [1.82, 2.24) is 5.32 Å². The molecule has 3 rings (SSSR count). The summed E-state index contributed by atoms with van der Waals surface area (Å²) in [6.45, 7) is 1.86. The molecule has 0 aliphatic carbocycles. The minimum absolute atomic E-state index is 0.235. The van der Waals surface area contributed by atoms with Crippen molar-refractivity contribution in [2.75, 3.05) is 26.4 Å². The van der Waals surface area contributed by atoms with Crippen molar-refractivity contribution in [3.8, 4) is 0 Å². The number of aliphatic hydroxyl groups is 11. The van der Waals surface area contributed by atoms with Crippen LogP contribution in [0.2, 0.25) is 0 Å². The minimum atomic E-state index is -1.97. The Hall–Kier alpha value is -1.73. The van der Waals surface area contributed by atoms with Crippen LogP contribution in [0.25, 0.3) is 0 Å². The van der Waals surface area contributed by atoms with Gasteiger partial charge in [-0.1, -0.05) is 340 Å². The van der Waals surface area contributed by atoms with Crippen LogP contribution < -0.4 is 5.32 Å². The summed E-state index contributed by atoms with van der Waals surface area (Å²) in [6, 6.07) is -0.887. The first kappa shape index (κ1) is 94.5. The second-order valence-corrected chi connectivity index (χ2v) is 30.7. The molecule has 602 valence electrons. The molecule has 0 aromatic rings. The van der Waals surface area contributed by atoms with Gasteiger partial charge in [-0.05, 0) is 44.9 Å². The number of ether oxygens (including phenoxy) is 6. The van der Waals surface area contributed by atoms with Crippen molar-refractivity contribution in [3.63, 3.8) is 0 Å². The molecule has 17 atom stereocenters. The summed E-state index contributed by atoms with van der Waals surface area (Å²) in [5.74, 6) is -0.235. The van der Waals surface area contributed by atoms with E-state index in [4.69, 9.17) is 28.4 Å². The minimum Gasteiger partial charge on any atom is -0.394 e. The highest BCUT2D eigenvalue weighted by Crippen LogP contribution is 2.34. The maximum atomic E-state index is 13.5. The number of hydrogen-bond donors (Lipinski definition) is 12. The van der Waals surface area contributed by atoms with Crippen molar-refractivity contribution in [2.24, 2.45) is 0 Å². The first-order valence-electron chi connectivity index (χ1n) is 42.6. The first-order chi connectivity index (χ1) is 49.8. The lowest BCUT2D eigenvalue weighted by Gasteiger charge is -2.48. The van der Waals surface area contributed by atoms with Crippen LogP contribution in [-0.2, 0) is 33.2 Å². The summed E-state index contributed by atoms with van der Waals surface area (Å²) in [6.07, 6.45) is 51.3. The molecular weight excluding hydrogens is 1300 g/mol. The van der Waals surface area contributed by atoms with Crippen molar-refractivity contribution in [1.29, 1.82) is 0 Å². The van der Waals surface area contributed by atoms with Gasteiger partial charge in [0, 0.05) is 6.42 Å². The molecule has 19 heteroatoms. The lowest BCUT2D eigenvalue weighted by molar-refractivity contribution is -0.379. The zero-order valence-electron chi connectivity index (χ0n) is 64.6. The highest BCUT2D eigenvalue weighted by atomic mass is 16.8. The molecule has 0 bridgehead atoms. The van der Waals surface area contributed by atoms with Gasteiger partial charge in [-0.15, -0.1) is 0 Å².